The molecule has 0 radical (unpaired) electrons. The van der Waals surface area contributed by atoms with Crippen molar-refractivity contribution >= 4 is 11.8 Å². The first-order chi connectivity index (χ1) is 10.5. The van der Waals surface area contributed by atoms with Gasteiger partial charge in [0.2, 0.25) is 0 Å². The number of rotatable bonds is 6. The fraction of sp³-hybridized carbons (Fsp3) is 0.333. The fourth-order valence-corrected chi connectivity index (χ4v) is 1.77. The lowest BCUT2D eigenvalue weighted by molar-refractivity contribution is -0.137. The van der Waals surface area contributed by atoms with Crippen LogP contribution in [-0.4, -0.2) is 29.6 Å². The largest absolute Gasteiger partial charge is 0.463 e. The summed E-state index contributed by atoms with van der Waals surface area (Å²) in [7, 11) is 0. The van der Waals surface area contributed by atoms with Gasteiger partial charge in [-0.1, -0.05) is 36.1 Å². The molecule has 1 N–H and O–H groups in total. The summed E-state index contributed by atoms with van der Waals surface area (Å²) in [6.45, 7) is 3.29. The second kappa shape index (κ2) is 9.54. The molecular weight excluding hydrogens is 280 g/mol. The first kappa shape index (κ1) is 17.7. The van der Waals surface area contributed by atoms with Gasteiger partial charge in [-0.2, -0.15) is 0 Å². The predicted molar refractivity (Wildman–Crippen MR) is 83.9 cm³/mol. The minimum atomic E-state index is -1.18. The van der Waals surface area contributed by atoms with Crippen molar-refractivity contribution < 1.29 is 19.4 Å². The molecule has 0 saturated carbocycles. The van der Waals surface area contributed by atoms with Crippen molar-refractivity contribution in [3.63, 3.8) is 0 Å². The van der Waals surface area contributed by atoms with Crippen molar-refractivity contribution in [1.29, 1.82) is 0 Å². The third-order valence-corrected chi connectivity index (χ3v) is 2.93. The van der Waals surface area contributed by atoms with Crippen LogP contribution in [0.4, 0.5) is 0 Å². The number of esters is 1. The van der Waals surface area contributed by atoms with Crippen molar-refractivity contribution in [2.45, 2.75) is 26.4 Å². The first-order valence-corrected chi connectivity index (χ1v) is 7.12. The Kier molecular flexibility index (Phi) is 7.66. The van der Waals surface area contributed by atoms with Gasteiger partial charge < -0.3 is 9.84 Å². The van der Waals surface area contributed by atoms with E-state index in [1.54, 1.807) is 6.92 Å². The number of carbonyl (C=O) groups excluding carboxylic acids is 2. The van der Waals surface area contributed by atoms with Gasteiger partial charge in [0, 0.05) is 24.0 Å². The summed E-state index contributed by atoms with van der Waals surface area (Å²) in [5, 5.41) is 9.91. The zero-order chi connectivity index (χ0) is 16.4. The third-order valence-electron chi connectivity index (χ3n) is 2.93. The molecule has 0 saturated heterocycles. The highest BCUT2D eigenvalue weighted by Crippen LogP contribution is 2.12. The molecule has 4 nitrogen and oxygen atoms in total. The molecule has 0 aromatic heterocycles. The van der Waals surface area contributed by atoms with Gasteiger partial charge >= 0.3 is 5.97 Å². The van der Waals surface area contributed by atoms with E-state index in [0.29, 0.717) is 0 Å². The maximum Gasteiger partial charge on any atom is 0.330 e. The number of benzene rings is 1. The molecule has 0 fully saturated rings. The molecule has 1 rings (SSSR count). The van der Waals surface area contributed by atoms with Gasteiger partial charge in [0.25, 0.3) is 0 Å². The zero-order valence-corrected chi connectivity index (χ0v) is 12.8. The number of aliphatic hydroxyl groups excluding tert-OH is 1. The Balaban J connectivity index is 2.77. The number of aliphatic hydroxyl groups is 1. The predicted octanol–water partition coefficient (Wildman–Crippen LogP) is 2.11. The van der Waals surface area contributed by atoms with Gasteiger partial charge in [0.1, 0.15) is 6.10 Å². The molecule has 1 aromatic rings. The number of carbonyl (C=O) groups is 2. The van der Waals surface area contributed by atoms with E-state index < -0.39 is 18.0 Å². The molecule has 0 unspecified atom stereocenters. The molecule has 0 spiro atoms. The molecular formula is C18H20O4. The number of Topliss-reactive ketones (excluding diaryl/α,β-unsaturated/α-hetero) is 1. The first-order valence-electron chi connectivity index (χ1n) is 7.12. The lowest BCUT2D eigenvalue weighted by Crippen LogP contribution is -2.26. The van der Waals surface area contributed by atoms with Gasteiger partial charge in [0.05, 0.1) is 6.61 Å². The van der Waals surface area contributed by atoms with Gasteiger partial charge in [-0.3, -0.25) is 4.79 Å². The van der Waals surface area contributed by atoms with Gasteiger partial charge in [-0.15, -0.1) is 0 Å². The molecule has 4 heteroatoms. The van der Waals surface area contributed by atoms with Crippen molar-refractivity contribution in [2.24, 2.45) is 5.92 Å². The van der Waals surface area contributed by atoms with E-state index in [1.807, 2.05) is 30.3 Å². The average molecular weight is 300 g/mol. The highest BCUT2D eigenvalue weighted by molar-refractivity contribution is 5.83. The summed E-state index contributed by atoms with van der Waals surface area (Å²) in [5.41, 5.74) is 0.855. The van der Waals surface area contributed by atoms with E-state index in [0.717, 1.165) is 5.56 Å². The van der Waals surface area contributed by atoms with E-state index >= 15 is 0 Å². The lowest BCUT2D eigenvalue weighted by Gasteiger charge is -2.14. The standard InChI is InChI=1S/C18H20O4/c1-3-22-17(20)13-12-16(18(21)14(2)19)11-7-10-15-8-5-4-6-9-15/h4-6,8-9,12-13,16,18,21H,3,11H2,1-2H3/b13-12+/t16-,18+/m1/s1. The molecule has 0 heterocycles. The molecule has 0 bridgehead atoms. The second-order valence-electron chi connectivity index (χ2n) is 4.70. The Morgan fingerprint density at radius 2 is 2.00 bits per heavy atom. The van der Waals surface area contributed by atoms with Crippen LogP contribution in [0.2, 0.25) is 0 Å². The number of ketones is 1. The molecule has 22 heavy (non-hydrogen) atoms. The summed E-state index contributed by atoms with van der Waals surface area (Å²) in [4.78, 5) is 22.7. The Bertz CT molecular complexity index is 578. The molecule has 0 aliphatic heterocycles. The van der Waals surface area contributed by atoms with E-state index in [-0.39, 0.29) is 18.8 Å². The van der Waals surface area contributed by atoms with Crippen LogP contribution >= 0.6 is 0 Å². The quantitative estimate of drug-likeness (QED) is 0.496. The maximum absolute atomic E-state index is 11.3. The van der Waals surface area contributed by atoms with Crippen molar-refractivity contribution in [3.8, 4) is 11.8 Å². The van der Waals surface area contributed by atoms with Crippen LogP contribution in [0.15, 0.2) is 42.5 Å². The Morgan fingerprint density at radius 3 is 2.59 bits per heavy atom. The van der Waals surface area contributed by atoms with Crippen LogP contribution in [0.3, 0.4) is 0 Å². The summed E-state index contributed by atoms with van der Waals surface area (Å²) < 4.78 is 4.78. The summed E-state index contributed by atoms with van der Waals surface area (Å²) in [5.74, 6) is 4.48. The second-order valence-corrected chi connectivity index (χ2v) is 4.70. The van der Waals surface area contributed by atoms with E-state index in [9.17, 15) is 14.7 Å². The maximum atomic E-state index is 11.3. The Morgan fingerprint density at radius 1 is 1.32 bits per heavy atom. The van der Waals surface area contributed by atoms with Crippen LogP contribution in [0.1, 0.15) is 25.8 Å². The summed E-state index contributed by atoms with van der Waals surface area (Å²) >= 11 is 0. The Labute approximate surface area is 130 Å². The van der Waals surface area contributed by atoms with E-state index in [4.69, 9.17) is 4.74 Å². The monoisotopic (exact) mass is 300 g/mol. The molecule has 1 aromatic carbocycles. The van der Waals surface area contributed by atoms with E-state index in [1.165, 1.54) is 19.1 Å². The smallest absolute Gasteiger partial charge is 0.330 e. The SMILES string of the molecule is CCOC(=O)/C=C/[C@@H](CC#Cc1ccccc1)[C@@H](O)C(C)=O. The van der Waals surface area contributed by atoms with Crippen molar-refractivity contribution in [2.75, 3.05) is 6.61 Å². The fourth-order valence-electron chi connectivity index (χ4n) is 1.77. The molecule has 0 aliphatic rings. The normalized spacial score (nSPS) is 13.0. The third kappa shape index (κ3) is 6.38. The summed E-state index contributed by atoms with van der Waals surface area (Å²) in [6, 6.07) is 9.41. The van der Waals surface area contributed by atoms with Gasteiger partial charge in [-0.05, 0) is 26.0 Å². The number of hydrogen-bond acceptors (Lipinski definition) is 4. The minimum Gasteiger partial charge on any atom is -0.463 e. The highest BCUT2D eigenvalue weighted by Gasteiger charge is 2.20. The molecule has 0 amide bonds. The van der Waals surface area contributed by atoms with Gasteiger partial charge in [0.15, 0.2) is 5.78 Å². The van der Waals surface area contributed by atoms with Crippen LogP contribution < -0.4 is 0 Å². The topological polar surface area (TPSA) is 63.6 Å². The van der Waals surface area contributed by atoms with Crippen molar-refractivity contribution in [3.05, 3.63) is 48.0 Å². The van der Waals surface area contributed by atoms with Crippen LogP contribution in [0.25, 0.3) is 0 Å². The minimum absolute atomic E-state index is 0.269. The highest BCUT2D eigenvalue weighted by atomic mass is 16.5. The van der Waals surface area contributed by atoms with Crippen LogP contribution in [-0.2, 0) is 14.3 Å². The van der Waals surface area contributed by atoms with Gasteiger partial charge in [-0.25, -0.2) is 4.79 Å². The Hall–Kier alpha value is -2.38. The molecule has 0 aliphatic carbocycles. The average Bonchev–Trinajstić information content (AvgIpc) is 2.51. The number of hydrogen-bond donors (Lipinski definition) is 1. The van der Waals surface area contributed by atoms with Crippen LogP contribution in [0, 0.1) is 17.8 Å². The van der Waals surface area contributed by atoms with E-state index in [2.05, 4.69) is 11.8 Å². The number of ether oxygens (including phenoxy) is 1. The van der Waals surface area contributed by atoms with Crippen molar-refractivity contribution in [1.82, 2.24) is 0 Å². The molecule has 116 valence electrons. The lowest BCUT2D eigenvalue weighted by atomic mass is 9.95. The zero-order valence-electron chi connectivity index (χ0n) is 12.8. The summed E-state index contributed by atoms with van der Waals surface area (Å²) in [6.07, 6.45) is 1.79. The molecule has 2 atom stereocenters. The van der Waals surface area contributed by atoms with Crippen LogP contribution in [0.5, 0.6) is 0 Å².